The Morgan fingerprint density at radius 2 is 1.35 bits per heavy atom. The number of non-ortho nitro benzene ring substituents is 2. The van der Waals surface area contributed by atoms with Crippen molar-refractivity contribution in [3.8, 4) is 0 Å². The first-order chi connectivity index (χ1) is 12.4. The second kappa shape index (κ2) is 7.01. The van der Waals surface area contributed by atoms with Gasteiger partial charge in [-0.1, -0.05) is 31.2 Å². The van der Waals surface area contributed by atoms with Crippen LogP contribution in [-0.4, -0.2) is 15.6 Å². The zero-order valence-electron chi connectivity index (χ0n) is 14.0. The molecule has 1 aliphatic rings. The predicted molar refractivity (Wildman–Crippen MR) is 93.6 cm³/mol. The maximum absolute atomic E-state index is 12.5. The van der Waals surface area contributed by atoms with Gasteiger partial charge >= 0.3 is 0 Å². The van der Waals surface area contributed by atoms with Crippen LogP contribution in [0.3, 0.4) is 0 Å². The summed E-state index contributed by atoms with van der Waals surface area (Å²) in [5.41, 5.74) is 1.58. The average Bonchev–Trinajstić information content (AvgIpc) is 2.64. The number of ketones is 1. The van der Waals surface area contributed by atoms with Gasteiger partial charge in [0.2, 0.25) is 0 Å². The van der Waals surface area contributed by atoms with E-state index in [-0.39, 0.29) is 35.2 Å². The molecule has 0 bridgehead atoms. The number of Topliss-reactive ketones (excluding diaryl/α,β-unsaturated/α-hetero) is 1. The number of nitrogens with one attached hydrogen (secondary N) is 1. The lowest BCUT2D eigenvalue weighted by molar-refractivity contribution is -0.385. The molecule has 0 unspecified atom stereocenters. The molecule has 8 nitrogen and oxygen atoms in total. The quantitative estimate of drug-likeness (QED) is 0.663. The number of piperidine rings is 1. The van der Waals surface area contributed by atoms with Gasteiger partial charge in [0.25, 0.3) is 11.4 Å². The van der Waals surface area contributed by atoms with Crippen molar-refractivity contribution in [1.82, 2.24) is 5.32 Å². The van der Waals surface area contributed by atoms with Gasteiger partial charge in [-0.05, 0) is 11.1 Å². The van der Waals surface area contributed by atoms with Crippen molar-refractivity contribution in [2.75, 3.05) is 0 Å². The third kappa shape index (κ3) is 3.45. The third-order valence-corrected chi connectivity index (χ3v) is 4.76. The molecule has 0 radical (unpaired) electrons. The Bertz CT molecular complexity index is 848. The first kappa shape index (κ1) is 17.7. The molecular formula is C18H17N3O5. The molecule has 0 amide bonds. The van der Waals surface area contributed by atoms with Crippen molar-refractivity contribution >= 4 is 17.2 Å². The van der Waals surface area contributed by atoms with Gasteiger partial charge in [-0.3, -0.25) is 25.0 Å². The van der Waals surface area contributed by atoms with Crippen LogP contribution in [0.15, 0.2) is 48.5 Å². The van der Waals surface area contributed by atoms with Crippen LogP contribution >= 0.6 is 0 Å². The van der Waals surface area contributed by atoms with Gasteiger partial charge in [0.15, 0.2) is 0 Å². The first-order valence-corrected chi connectivity index (χ1v) is 8.14. The number of hydrogen-bond acceptors (Lipinski definition) is 6. The minimum absolute atomic E-state index is 0.00354. The Morgan fingerprint density at radius 3 is 1.81 bits per heavy atom. The number of benzene rings is 2. The van der Waals surface area contributed by atoms with Crippen molar-refractivity contribution in [3.05, 3.63) is 79.9 Å². The highest BCUT2D eigenvalue weighted by Crippen LogP contribution is 2.35. The summed E-state index contributed by atoms with van der Waals surface area (Å²) in [6.07, 6.45) is 0.294. The fourth-order valence-electron chi connectivity index (χ4n) is 3.22. The molecule has 8 heteroatoms. The number of nitrogens with zero attached hydrogens (tertiary/aromatic N) is 2. The monoisotopic (exact) mass is 355 g/mol. The Labute approximate surface area is 149 Å². The Morgan fingerprint density at radius 1 is 0.885 bits per heavy atom. The van der Waals surface area contributed by atoms with Crippen LogP contribution in [0, 0.1) is 26.1 Å². The number of hydrogen-bond donors (Lipinski definition) is 1. The number of carbonyl (C=O) groups is 1. The summed E-state index contributed by atoms with van der Waals surface area (Å²) in [6.45, 7) is 1.83. The highest BCUT2D eigenvalue weighted by atomic mass is 16.6. The van der Waals surface area contributed by atoms with Crippen molar-refractivity contribution < 1.29 is 14.6 Å². The average molecular weight is 355 g/mol. The van der Waals surface area contributed by atoms with E-state index in [0.717, 1.165) is 11.1 Å². The Hall–Kier alpha value is -3.13. The van der Waals surface area contributed by atoms with Crippen LogP contribution in [0.2, 0.25) is 0 Å². The molecule has 0 aromatic heterocycles. The summed E-state index contributed by atoms with van der Waals surface area (Å²) < 4.78 is 0. The van der Waals surface area contributed by atoms with Crippen molar-refractivity contribution in [2.24, 2.45) is 5.92 Å². The van der Waals surface area contributed by atoms with E-state index < -0.39 is 9.85 Å². The topological polar surface area (TPSA) is 115 Å². The van der Waals surface area contributed by atoms with E-state index in [1.54, 1.807) is 24.3 Å². The molecule has 1 N–H and O–H groups in total. The smallest absolute Gasteiger partial charge is 0.269 e. The van der Waals surface area contributed by atoms with Crippen molar-refractivity contribution in [1.29, 1.82) is 0 Å². The summed E-state index contributed by atoms with van der Waals surface area (Å²) in [7, 11) is 0. The highest BCUT2D eigenvalue weighted by molar-refractivity contribution is 5.83. The van der Waals surface area contributed by atoms with Crippen LogP contribution in [-0.2, 0) is 4.79 Å². The fourth-order valence-corrected chi connectivity index (χ4v) is 3.22. The van der Waals surface area contributed by atoms with Crippen LogP contribution in [0.1, 0.15) is 36.6 Å². The van der Waals surface area contributed by atoms with Crippen LogP contribution in [0.4, 0.5) is 11.4 Å². The number of nitro benzene ring substituents is 2. The molecule has 0 spiro atoms. The molecular weight excluding hydrogens is 338 g/mol. The number of rotatable bonds is 4. The minimum Gasteiger partial charge on any atom is -0.302 e. The molecule has 1 heterocycles. The molecule has 0 aliphatic carbocycles. The van der Waals surface area contributed by atoms with E-state index in [0.29, 0.717) is 6.42 Å². The van der Waals surface area contributed by atoms with Gasteiger partial charge < -0.3 is 5.32 Å². The van der Waals surface area contributed by atoms with E-state index in [4.69, 9.17) is 0 Å². The second-order valence-corrected chi connectivity index (χ2v) is 6.35. The maximum atomic E-state index is 12.5. The standard InChI is InChI=1S/C18H17N3O5/c1-11-17(22)10-16(12-2-6-14(7-3-12)20(23)24)19-18(11)13-4-8-15(9-5-13)21(25)26/h2-9,11,16,18-19H,10H2,1H3/t11-,16+,18-/m0/s1. The maximum Gasteiger partial charge on any atom is 0.269 e. The van der Waals surface area contributed by atoms with Crippen LogP contribution in [0.25, 0.3) is 0 Å². The molecule has 3 atom stereocenters. The summed E-state index contributed by atoms with van der Waals surface area (Å²) in [5, 5.41) is 25.0. The third-order valence-electron chi connectivity index (χ3n) is 4.76. The molecule has 26 heavy (non-hydrogen) atoms. The summed E-state index contributed by atoms with van der Waals surface area (Å²) >= 11 is 0. The molecule has 3 rings (SSSR count). The zero-order valence-corrected chi connectivity index (χ0v) is 14.0. The van der Waals surface area contributed by atoms with E-state index in [1.807, 2.05) is 6.92 Å². The Balaban J connectivity index is 1.85. The van der Waals surface area contributed by atoms with E-state index in [2.05, 4.69) is 5.32 Å². The molecule has 134 valence electrons. The van der Waals surface area contributed by atoms with Gasteiger partial charge in [-0.2, -0.15) is 0 Å². The lowest BCUT2D eigenvalue weighted by Gasteiger charge is -2.35. The lowest BCUT2D eigenvalue weighted by Crippen LogP contribution is -2.41. The molecule has 1 aliphatic heterocycles. The molecule has 2 aromatic carbocycles. The van der Waals surface area contributed by atoms with Crippen LogP contribution in [0.5, 0.6) is 0 Å². The highest BCUT2D eigenvalue weighted by Gasteiger charge is 2.35. The van der Waals surface area contributed by atoms with Crippen LogP contribution < -0.4 is 5.32 Å². The fraction of sp³-hybridized carbons (Fsp3) is 0.278. The zero-order chi connectivity index (χ0) is 18.8. The lowest BCUT2D eigenvalue weighted by atomic mass is 9.82. The molecule has 1 fully saturated rings. The Kier molecular flexibility index (Phi) is 4.77. The molecule has 2 aromatic rings. The van der Waals surface area contributed by atoms with E-state index in [9.17, 15) is 25.0 Å². The summed E-state index contributed by atoms with van der Waals surface area (Å²) in [6, 6.07) is 11.7. The van der Waals surface area contributed by atoms with Gasteiger partial charge in [0, 0.05) is 48.7 Å². The summed E-state index contributed by atoms with van der Waals surface area (Å²) in [4.78, 5) is 33.1. The van der Waals surface area contributed by atoms with Crippen molar-refractivity contribution in [3.63, 3.8) is 0 Å². The predicted octanol–water partition coefficient (Wildman–Crippen LogP) is 3.48. The van der Waals surface area contributed by atoms with Gasteiger partial charge in [-0.15, -0.1) is 0 Å². The second-order valence-electron chi connectivity index (χ2n) is 6.35. The van der Waals surface area contributed by atoms with Gasteiger partial charge in [0.05, 0.1) is 9.85 Å². The van der Waals surface area contributed by atoms with E-state index >= 15 is 0 Å². The summed E-state index contributed by atoms with van der Waals surface area (Å²) in [5.74, 6) is -0.193. The van der Waals surface area contributed by atoms with Gasteiger partial charge in [0.1, 0.15) is 5.78 Å². The molecule has 1 saturated heterocycles. The van der Waals surface area contributed by atoms with Gasteiger partial charge in [-0.25, -0.2) is 0 Å². The SMILES string of the molecule is C[C@H]1C(=O)C[C@H](c2ccc([N+](=O)[O-])cc2)N[C@@H]1c1ccc([N+](=O)[O-])cc1. The number of carbonyl (C=O) groups excluding carboxylic acids is 1. The first-order valence-electron chi connectivity index (χ1n) is 8.14. The largest absolute Gasteiger partial charge is 0.302 e. The number of nitro groups is 2. The van der Waals surface area contributed by atoms with E-state index in [1.165, 1.54) is 24.3 Å². The molecule has 0 saturated carbocycles. The normalized spacial score (nSPS) is 22.8. The minimum atomic E-state index is -0.467. The van der Waals surface area contributed by atoms with Crippen molar-refractivity contribution in [2.45, 2.75) is 25.4 Å².